The van der Waals surface area contributed by atoms with Gasteiger partial charge in [0.15, 0.2) is 0 Å². The predicted octanol–water partition coefficient (Wildman–Crippen LogP) is 2.50. The van der Waals surface area contributed by atoms with Crippen LogP contribution in [-0.2, 0) is 9.53 Å². The lowest BCUT2D eigenvalue weighted by molar-refractivity contribution is -0.141. The second-order valence-electron chi connectivity index (χ2n) is 3.34. The van der Waals surface area contributed by atoms with Crippen LogP contribution in [0.2, 0.25) is 0 Å². The van der Waals surface area contributed by atoms with E-state index in [2.05, 4.69) is 20.7 Å². The summed E-state index contributed by atoms with van der Waals surface area (Å²) in [7, 11) is 1.45. The van der Waals surface area contributed by atoms with Gasteiger partial charge in [0.1, 0.15) is 0 Å². The van der Waals surface area contributed by atoms with E-state index < -0.39 is 0 Å². The molecule has 2 nitrogen and oxygen atoms in total. The molecule has 1 fully saturated rings. The lowest BCUT2D eigenvalue weighted by Gasteiger charge is -2.26. The molecule has 0 heterocycles. The zero-order valence-electron chi connectivity index (χ0n) is 7.38. The van der Waals surface area contributed by atoms with Gasteiger partial charge < -0.3 is 4.74 Å². The maximum atomic E-state index is 11.0. The number of hydrogen-bond donors (Lipinski definition) is 0. The molecular weight excluding hydrogens is 220 g/mol. The molecule has 2 atom stereocenters. The van der Waals surface area contributed by atoms with Gasteiger partial charge in [0.25, 0.3) is 0 Å². The first-order valence-corrected chi connectivity index (χ1v) is 5.36. The van der Waals surface area contributed by atoms with Gasteiger partial charge in [-0.1, -0.05) is 28.8 Å². The summed E-state index contributed by atoms with van der Waals surface area (Å²) in [5.41, 5.74) is 0. The first-order valence-electron chi connectivity index (χ1n) is 4.45. The lowest BCUT2D eigenvalue weighted by Crippen LogP contribution is -2.22. The van der Waals surface area contributed by atoms with Crippen LogP contribution in [-0.4, -0.2) is 17.9 Å². The van der Waals surface area contributed by atoms with Gasteiger partial charge in [-0.2, -0.15) is 0 Å². The van der Waals surface area contributed by atoms with Crippen molar-refractivity contribution in [3.05, 3.63) is 0 Å². The summed E-state index contributed by atoms with van der Waals surface area (Å²) < 4.78 is 4.64. The minimum absolute atomic E-state index is 0.0775. The minimum Gasteiger partial charge on any atom is -0.469 e. The predicted molar refractivity (Wildman–Crippen MR) is 51.3 cm³/mol. The molecule has 0 bridgehead atoms. The van der Waals surface area contributed by atoms with E-state index in [9.17, 15) is 4.79 Å². The Balaban J connectivity index is 2.33. The second-order valence-corrected chi connectivity index (χ2v) is 4.52. The second kappa shape index (κ2) is 4.85. The number of esters is 1. The first-order chi connectivity index (χ1) is 5.74. The van der Waals surface area contributed by atoms with E-state index >= 15 is 0 Å². The highest BCUT2D eigenvalue weighted by Gasteiger charge is 2.24. The largest absolute Gasteiger partial charge is 0.469 e. The third kappa shape index (κ3) is 2.77. The van der Waals surface area contributed by atoms with E-state index in [0.29, 0.717) is 17.2 Å². The molecular formula is C9H15BrO2. The maximum Gasteiger partial charge on any atom is 0.305 e. The molecule has 1 saturated carbocycles. The van der Waals surface area contributed by atoms with Crippen LogP contribution >= 0.6 is 15.9 Å². The third-order valence-corrected chi connectivity index (χ3v) is 3.68. The molecule has 0 aromatic rings. The summed E-state index contributed by atoms with van der Waals surface area (Å²) in [4.78, 5) is 11.5. The van der Waals surface area contributed by atoms with Crippen LogP contribution in [0.3, 0.4) is 0 Å². The zero-order valence-corrected chi connectivity index (χ0v) is 8.97. The molecule has 3 heteroatoms. The van der Waals surface area contributed by atoms with E-state index in [-0.39, 0.29) is 5.97 Å². The molecule has 0 aliphatic heterocycles. The van der Waals surface area contributed by atoms with Crippen LogP contribution in [0.1, 0.15) is 32.1 Å². The van der Waals surface area contributed by atoms with Crippen molar-refractivity contribution in [3.8, 4) is 0 Å². The molecule has 1 aliphatic rings. The summed E-state index contributed by atoms with van der Waals surface area (Å²) in [6, 6.07) is 0. The molecule has 1 aliphatic carbocycles. The SMILES string of the molecule is COC(=O)C[C@@H]1CCCC[C@H]1Br. The monoisotopic (exact) mass is 234 g/mol. The number of carbonyl (C=O) groups is 1. The average molecular weight is 235 g/mol. The number of alkyl halides is 1. The topological polar surface area (TPSA) is 26.3 Å². The Morgan fingerprint density at radius 3 is 2.75 bits per heavy atom. The van der Waals surface area contributed by atoms with Crippen molar-refractivity contribution in [2.24, 2.45) is 5.92 Å². The van der Waals surface area contributed by atoms with E-state index in [0.717, 1.165) is 6.42 Å². The molecule has 0 unspecified atom stereocenters. The Labute approximate surface area is 81.8 Å². The highest BCUT2D eigenvalue weighted by molar-refractivity contribution is 9.09. The summed E-state index contributed by atoms with van der Waals surface area (Å²) in [5.74, 6) is 0.414. The summed E-state index contributed by atoms with van der Waals surface area (Å²) in [6.07, 6.45) is 5.47. The van der Waals surface area contributed by atoms with Gasteiger partial charge in [-0.3, -0.25) is 4.79 Å². The summed E-state index contributed by atoms with van der Waals surface area (Å²) >= 11 is 3.60. The molecule has 0 aromatic heterocycles. The Morgan fingerprint density at radius 2 is 2.17 bits per heavy atom. The van der Waals surface area contributed by atoms with Gasteiger partial charge >= 0.3 is 5.97 Å². The zero-order chi connectivity index (χ0) is 8.97. The average Bonchev–Trinajstić information content (AvgIpc) is 2.09. The molecule has 70 valence electrons. The Hall–Kier alpha value is -0.0500. The number of carbonyl (C=O) groups excluding carboxylic acids is 1. The number of halogens is 1. The normalized spacial score (nSPS) is 29.8. The maximum absolute atomic E-state index is 11.0. The van der Waals surface area contributed by atoms with Gasteiger partial charge in [0.05, 0.1) is 7.11 Å². The molecule has 12 heavy (non-hydrogen) atoms. The van der Waals surface area contributed by atoms with Crippen molar-refractivity contribution in [1.29, 1.82) is 0 Å². The molecule has 0 amide bonds. The number of methoxy groups -OCH3 is 1. The van der Waals surface area contributed by atoms with Crippen molar-refractivity contribution in [1.82, 2.24) is 0 Å². The fourth-order valence-electron chi connectivity index (χ4n) is 1.69. The van der Waals surface area contributed by atoms with E-state index in [4.69, 9.17) is 0 Å². The molecule has 0 N–H and O–H groups in total. The number of hydrogen-bond acceptors (Lipinski definition) is 2. The van der Waals surface area contributed by atoms with Crippen molar-refractivity contribution < 1.29 is 9.53 Å². The first kappa shape index (κ1) is 10.0. The number of ether oxygens (including phenoxy) is 1. The summed E-state index contributed by atoms with van der Waals surface area (Å²) in [5, 5.41) is 0. The molecule has 0 radical (unpaired) electrons. The van der Waals surface area contributed by atoms with E-state index in [1.54, 1.807) is 0 Å². The fraction of sp³-hybridized carbons (Fsp3) is 0.889. The Kier molecular flexibility index (Phi) is 4.06. The van der Waals surface area contributed by atoms with Crippen LogP contribution in [0.15, 0.2) is 0 Å². The Bertz CT molecular complexity index is 159. The van der Waals surface area contributed by atoms with Gasteiger partial charge in [0.2, 0.25) is 0 Å². The van der Waals surface area contributed by atoms with Gasteiger partial charge in [0, 0.05) is 11.2 Å². The number of rotatable bonds is 2. The van der Waals surface area contributed by atoms with Crippen LogP contribution in [0.4, 0.5) is 0 Å². The standard InChI is InChI=1S/C9H15BrO2/c1-12-9(11)6-7-4-2-3-5-8(7)10/h7-8H,2-6H2,1H3/t7-,8+/m0/s1. The minimum atomic E-state index is -0.0775. The van der Waals surface area contributed by atoms with Gasteiger partial charge in [-0.25, -0.2) is 0 Å². The Morgan fingerprint density at radius 1 is 1.50 bits per heavy atom. The smallest absolute Gasteiger partial charge is 0.305 e. The molecule has 0 aromatic carbocycles. The highest BCUT2D eigenvalue weighted by Crippen LogP contribution is 2.32. The van der Waals surface area contributed by atoms with Gasteiger partial charge in [-0.05, 0) is 18.8 Å². The summed E-state index contributed by atoms with van der Waals surface area (Å²) in [6.45, 7) is 0. The van der Waals surface area contributed by atoms with Crippen molar-refractivity contribution >= 4 is 21.9 Å². The van der Waals surface area contributed by atoms with Crippen LogP contribution in [0.25, 0.3) is 0 Å². The van der Waals surface area contributed by atoms with Crippen LogP contribution < -0.4 is 0 Å². The quantitative estimate of drug-likeness (QED) is 0.543. The van der Waals surface area contributed by atoms with Crippen LogP contribution in [0, 0.1) is 5.92 Å². The third-order valence-electron chi connectivity index (χ3n) is 2.47. The molecule has 1 rings (SSSR count). The van der Waals surface area contributed by atoms with Crippen molar-refractivity contribution in [3.63, 3.8) is 0 Å². The highest BCUT2D eigenvalue weighted by atomic mass is 79.9. The molecule has 0 spiro atoms. The van der Waals surface area contributed by atoms with E-state index in [1.165, 1.54) is 26.4 Å². The fourth-order valence-corrected chi connectivity index (χ4v) is 2.46. The van der Waals surface area contributed by atoms with Gasteiger partial charge in [-0.15, -0.1) is 0 Å². The van der Waals surface area contributed by atoms with Crippen molar-refractivity contribution in [2.75, 3.05) is 7.11 Å². The lowest BCUT2D eigenvalue weighted by atomic mass is 9.87. The molecule has 0 saturated heterocycles. The van der Waals surface area contributed by atoms with Crippen LogP contribution in [0.5, 0.6) is 0 Å². The van der Waals surface area contributed by atoms with E-state index in [1.807, 2.05) is 0 Å². The van der Waals surface area contributed by atoms with Crippen molar-refractivity contribution in [2.45, 2.75) is 36.9 Å².